The lowest BCUT2D eigenvalue weighted by Gasteiger charge is -2.24. The Bertz CT molecular complexity index is 1310. The fourth-order valence-electron chi connectivity index (χ4n) is 6.62. The molecule has 0 aromatic heterocycles. The first-order valence-corrected chi connectivity index (χ1v) is 24.0. The highest BCUT2D eigenvalue weighted by Crippen LogP contribution is 2.43. The van der Waals surface area contributed by atoms with Crippen LogP contribution in [0, 0.1) is 11.8 Å². The van der Waals surface area contributed by atoms with E-state index in [1.807, 2.05) is 27.2 Å². The van der Waals surface area contributed by atoms with Crippen LogP contribution < -0.4 is 0 Å². The number of ether oxygens (including phenoxy) is 2. The van der Waals surface area contributed by atoms with Gasteiger partial charge in [-0.15, -0.1) is 0 Å². The minimum Gasteiger partial charge on any atom is -0.462 e. The van der Waals surface area contributed by atoms with Crippen LogP contribution in [-0.2, 0) is 37.5 Å². The highest BCUT2D eigenvalue weighted by Gasteiger charge is 2.39. The number of phosphoric ester groups is 1. The van der Waals surface area contributed by atoms with Gasteiger partial charge in [0.25, 0.3) is 0 Å². The molecule has 0 amide bonds. The average Bonchev–Trinajstić information content (AvgIpc) is 3.44. The summed E-state index contributed by atoms with van der Waals surface area (Å²) in [6.45, 7) is 3.95. The van der Waals surface area contributed by atoms with E-state index >= 15 is 0 Å². The number of nitrogens with zero attached hydrogens (tertiary/aromatic N) is 1. The van der Waals surface area contributed by atoms with Crippen molar-refractivity contribution in [2.45, 2.75) is 167 Å². The third-order valence-corrected chi connectivity index (χ3v) is 11.2. The molecule has 6 atom stereocenters. The molecule has 0 aromatic carbocycles. The summed E-state index contributed by atoms with van der Waals surface area (Å²) in [6, 6.07) is 0. The molecule has 59 heavy (non-hydrogen) atoms. The van der Waals surface area contributed by atoms with E-state index in [-0.39, 0.29) is 50.1 Å². The number of aliphatic hydroxyl groups excluding tert-OH is 2. The van der Waals surface area contributed by atoms with E-state index < -0.39 is 44.7 Å². The van der Waals surface area contributed by atoms with Gasteiger partial charge in [0.05, 0.1) is 40.0 Å². The van der Waals surface area contributed by atoms with Crippen LogP contribution in [0.3, 0.4) is 0 Å². The second kappa shape index (κ2) is 33.2. The van der Waals surface area contributed by atoms with Gasteiger partial charge in [0.2, 0.25) is 0 Å². The number of unbranched alkanes of at least 4 members (excludes halogenated alkanes) is 10. The van der Waals surface area contributed by atoms with E-state index in [0.717, 1.165) is 64.2 Å². The standard InChI is InChI=1S/C46H80NO11P/c1-6-8-10-11-12-13-14-15-16-17-18-19-20-21-26-30-45(51)55-37-40(38-57-59(53,54)56-35-34-47(3,4)5)58-46(52)31-27-23-22-25-29-41-42(44(50)36-43(41)49)33-32-39(48)28-24-9-7-2/h12-13,15-16,18-19,32-33,39-42,44,48,50H,6-11,14,17,20-31,34-38H2,1-5H3/p+1/b13-12-,16-15-,19-18-,33-32+/t39-,40+,41+,42+,44+/m0/s1. The normalized spacial score (nSPS) is 19.7. The van der Waals surface area contributed by atoms with Gasteiger partial charge in [0, 0.05) is 31.1 Å². The van der Waals surface area contributed by atoms with Crippen LogP contribution in [0.5, 0.6) is 0 Å². The number of esters is 2. The number of aliphatic hydroxyl groups is 2. The van der Waals surface area contributed by atoms with Gasteiger partial charge in [-0.2, -0.15) is 0 Å². The first-order chi connectivity index (χ1) is 28.2. The van der Waals surface area contributed by atoms with Crippen molar-refractivity contribution in [2.75, 3.05) is 47.5 Å². The summed E-state index contributed by atoms with van der Waals surface area (Å²) in [5.41, 5.74) is 0. The van der Waals surface area contributed by atoms with Gasteiger partial charge in [-0.25, -0.2) is 4.57 Å². The first-order valence-electron chi connectivity index (χ1n) is 22.5. The molecule has 1 fully saturated rings. The van der Waals surface area contributed by atoms with Crippen LogP contribution in [0.1, 0.15) is 149 Å². The predicted molar refractivity (Wildman–Crippen MR) is 234 cm³/mol. The Morgan fingerprint density at radius 1 is 0.797 bits per heavy atom. The molecule has 1 rings (SSSR count). The summed E-state index contributed by atoms with van der Waals surface area (Å²) in [5, 5.41) is 20.8. The van der Waals surface area contributed by atoms with Crippen molar-refractivity contribution in [1.29, 1.82) is 0 Å². The fourth-order valence-corrected chi connectivity index (χ4v) is 7.36. The number of hydrogen-bond acceptors (Lipinski definition) is 10. The zero-order valence-electron chi connectivity index (χ0n) is 37.2. The molecule has 0 spiro atoms. The fraction of sp³-hybridized carbons (Fsp3) is 0.761. The van der Waals surface area contributed by atoms with Gasteiger partial charge in [-0.1, -0.05) is 114 Å². The number of rotatable bonds is 36. The number of likely N-dealkylation sites (N-methyl/N-ethyl adjacent to an activating group) is 1. The largest absolute Gasteiger partial charge is 0.472 e. The number of carbonyl (C=O) groups is 3. The molecule has 3 N–H and O–H groups in total. The minimum atomic E-state index is -4.45. The maximum Gasteiger partial charge on any atom is 0.472 e. The molecular formula is C46H81NO11P+. The monoisotopic (exact) mass is 855 g/mol. The summed E-state index contributed by atoms with van der Waals surface area (Å²) >= 11 is 0. The Balaban J connectivity index is 2.51. The molecule has 1 aliphatic carbocycles. The van der Waals surface area contributed by atoms with E-state index in [1.54, 1.807) is 6.08 Å². The number of hydrogen-bond donors (Lipinski definition) is 3. The van der Waals surface area contributed by atoms with Crippen LogP contribution >= 0.6 is 7.82 Å². The van der Waals surface area contributed by atoms with Crippen molar-refractivity contribution >= 4 is 25.5 Å². The Kier molecular flexibility index (Phi) is 30.7. The lowest BCUT2D eigenvalue weighted by molar-refractivity contribution is -0.870. The molecular weight excluding hydrogens is 773 g/mol. The molecule has 0 heterocycles. The molecule has 1 aliphatic rings. The second-order valence-electron chi connectivity index (χ2n) is 16.9. The molecule has 12 nitrogen and oxygen atoms in total. The van der Waals surface area contributed by atoms with E-state index in [2.05, 4.69) is 50.3 Å². The summed E-state index contributed by atoms with van der Waals surface area (Å²) in [4.78, 5) is 48.2. The first kappa shape index (κ1) is 54.6. The van der Waals surface area contributed by atoms with Gasteiger partial charge in [0.15, 0.2) is 6.10 Å². The molecule has 0 radical (unpaired) electrons. The maximum absolute atomic E-state index is 12.8. The van der Waals surface area contributed by atoms with Crippen molar-refractivity contribution < 1.29 is 57.1 Å². The van der Waals surface area contributed by atoms with Crippen molar-refractivity contribution in [3.63, 3.8) is 0 Å². The Labute approximate surface area is 356 Å². The SMILES string of the molecule is CCCCC/C=C\C/C=C\C/C=C\CCCCC(=O)OC[C@H](COP(=O)(O)OCC[N+](C)(C)C)OC(=O)CCCCCC[C@H]1C(=O)C[C@@H](O)[C@@H]1/C=C/[C@@H](O)CCCCC. The lowest BCUT2D eigenvalue weighted by atomic mass is 9.88. The topological polar surface area (TPSA) is 166 Å². The minimum absolute atomic E-state index is 0.0193. The van der Waals surface area contributed by atoms with Crippen molar-refractivity contribution in [3.8, 4) is 0 Å². The van der Waals surface area contributed by atoms with E-state index in [0.29, 0.717) is 43.1 Å². The summed E-state index contributed by atoms with van der Waals surface area (Å²) in [5.74, 6) is -1.56. The highest BCUT2D eigenvalue weighted by molar-refractivity contribution is 7.47. The molecule has 340 valence electrons. The molecule has 0 bridgehead atoms. The van der Waals surface area contributed by atoms with Crippen LogP contribution in [0.25, 0.3) is 0 Å². The van der Waals surface area contributed by atoms with Gasteiger partial charge in [-0.05, 0) is 64.2 Å². The van der Waals surface area contributed by atoms with E-state index in [9.17, 15) is 34.1 Å². The van der Waals surface area contributed by atoms with Crippen LogP contribution in [0.4, 0.5) is 0 Å². The number of phosphoric acid groups is 1. The number of Topliss-reactive ketones (excluding diaryl/α,β-unsaturated/α-hetero) is 1. The smallest absolute Gasteiger partial charge is 0.462 e. The molecule has 13 heteroatoms. The molecule has 0 aliphatic heterocycles. The van der Waals surface area contributed by atoms with Gasteiger partial charge < -0.3 is 29.1 Å². The van der Waals surface area contributed by atoms with Crippen LogP contribution in [-0.4, -0.2) is 103 Å². The number of quaternary nitrogens is 1. The predicted octanol–water partition coefficient (Wildman–Crippen LogP) is 9.27. The third kappa shape index (κ3) is 30.3. The molecule has 1 unspecified atom stereocenters. The Morgan fingerprint density at radius 2 is 1.39 bits per heavy atom. The summed E-state index contributed by atoms with van der Waals surface area (Å²) in [6.07, 6.45) is 30.6. The van der Waals surface area contributed by atoms with Gasteiger partial charge >= 0.3 is 19.8 Å². The lowest BCUT2D eigenvalue weighted by Crippen LogP contribution is -2.37. The van der Waals surface area contributed by atoms with Gasteiger partial charge in [-0.3, -0.25) is 23.4 Å². The highest BCUT2D eigenvalue weighted by atomic mass is 31.2. The van der Waals surface area contributed by atoms with Crippen molar-refractivity contribution in [1.82, 2.24) is 0 Å². The second-order valence-corrected chi connectivity index (χ2v) is 18.3. The summed E-state index contributed by atoms with van der Waals surface area (Å²) in [7, 11) is 1.30. The zero-order chi connectivity index (χ0) is 43.8. The number of allylic oxidation sites excluding steroid dienone is 6. The molecule has 0 aromatic rings. The summed E-state index contributed by atoms with van der Waals surface area (Å²) < 4.78 is 34.2. The Morgan fingerprint density at radius 3 is 2.05 bits per heavy atom. The Hall–Kier alpha value is -2.44. The van der Waals surface area contributed by atoms with Crippen LogP contribution in [0.15, 0.2) is 48.6 Å². The number of ketones is 1. The van der Waals surface area contributed by atoms with Crippen LogP contribution in [0.2, 0.25) is 0 Å². The molecule has 0 saturated heterocycles. The van der Waals surface area contributed by atoms with E-state index in [1.165, 1.54) is 19.3 Å². The average molecular weight is 855 g/mol. The third-order valence-electron chi connectivity index (χ3n) is 10.2. The van der Waals surface area contributed by atoms with Crippen molar-refractivity contribution in [3.05, 3.63) is 48.6 Å². The molecule has 1 saturated carbocycles. The van der Waals surface area contributed by atoms with Crippen molar-refractivity contribution in [2.24, 2.45) is 11.8 Å². The zero-order valence-corrected chi connectivity index (χ0v) is 38.1. The number of carbonyl (C=O) groups excluding carboxylic acids is 3. The van der Waals surface area contributed by atoms with Gasteiger partial charge in [0.1, 0.15) is 25.5 Å². The quantitative estimate of drug-likeness (QED) is 0.0181. The van der Waals surface area contributed by atoms with E-state index in [4.69, 9.17) is 18.5 Å². The maximum atomic E-state index is 12.8.